The van der Waals surface area contributed by atoms with E-state index >= 15 is 0 Å². The summed E-state index contributed by atoms with van der Waals surface area (Å²) in [6.45, 7) is 6.44. The number of hydrogen-bond acceptors (Lipinski definition) is 6. The van der Waals surface area contributed by atoms with Crippen LogP contribution in [0, 0.1) is 11.8 Å². The standard InChI is InChI=1S/C24H31NO.C6H8O7/c1-2-26-24(21-12-7-4-8-13-21)22-14-9-15-23(24)19-25(18-22)17-16-20-10-5-3-6-11-20;7-3(8)1-6(13,5(11)12)2-4(9)10/h3-8,10-13,22-23H,2,9,14-19H2,1H3;13H,1-2H2,(H,7,8)(H,9,10)(H,11,12). The second-order valence-corrected chi connectivity index (χ2v) is 10.4. The van der Waals surface area contributed by atoms with E-state index in [1.807, 2.05) is 0 Å². The molecule has 2 aliphatic rings. The summed E-state index contributed by atoms with van der Waals surface area (Å²) >= 11 is 0. The number of likely N-dealkylation sites (tertiary alicyclic amines) is 1. The third-order valence-corrected chi connectivity index (χ3v) is 7.73. The van der Waals surface area contributed by atoms with Gasteiger partial charge in [-0.1, -0.05) is 67.1 Å². The number of hydrogen-bond donors (Lipinski definition) is 4. The lowest BCUT2D eigenvalue weighted by molar-refractivity contribution is -0.183. The van der Waals surface area contributed by atoms with E-state index in [-0.39, 0.29) is 5.60 Å². The van der Waals surface area contributed by atoms with Crippen LogP contribution in [0.1, 0.15) is 50.2 Å². The summed E-state index contributed by atoms with van der Waals surface area (Å²) in [5, 5.41) is 33.8. The number of piperidine rings is 1. The molecule has 39 heavy (non-hydrogen) atoms. The van der Waals surface area contributed by atoms with Crippen molar-refractivity contribution in [3.8, 4) is 0 Å². The van der Waals surface area contributed by atoms with Crippen LogP contribution in [0.25, 0.3) is 0 Å². The number of nitrogens with zero attached hydrogens (tertiary/aromatic N) is 1. The lowest BCUT2D eigenvalue weighted by Crippen LogP contribution is -2.59. The molecule has 1 saturated carbocycles. The molecule has 2 unspecified atom stereocenters. The molecule has 0 amide bonds. The van der Waals surface area contributed by atoms with E-state index in [9.17, 15) is 14.4 Å². The maximum absolute atomic E-state index is 10.3. The van der Waals surface area contributed by atoms with Crippen molar-refractivity contribution in [3.63, 3.8) is 0 Å². The van der Waals surface area contributed by atoms with Crippen molar-refractivity contribution in [2.45, 2.75) is 56.7 Å². The average molecular weight is 542 g/mol. The Morgan fingerprint density at radius 3 is 1.87 bits per heavy atom. The van der Waals surface area contributed by atoms with Crippen molar-refractivity contribution < 1.29 is 39.5 Å². The number of carbonyl (C=O) groups is 3. The largest absolute Gasteiger partial charge is 0.481 e. The summed E-state index contributed by atoms with van der Waals surface area (Å²) in [6.07, 6.45) is 2.78. The fourth-order valence-electron chi connectivity index (χ4n) is 6.08. The summed E-state index contributed by atoms with van der Waals surface area (Å²) in [7, 11) is 0. The van der Waals surface area contributed by atoms with Gasteiger partial charge in [-0.25, -0.2) is 4.79 Å². The molecule has 0 radical (unpaired) electrons. The minimum absolute atomic E-state index is 0.0719. The Kier molecular flexibility index (Phi) is 10.6. The van der Waals surface area contributed by atoms with Gasteiger partial charge in [-0.15, -0.1) is 0 Å². The Morgan fingerprint density at radius 2 is 1.41 bits per heavy atom. The molecular formula is C30H39NO8. The highest BCUT2D eigenvalue weighted by molar-refractivity contribution is 5.88. The van der Waals surface area contributed by atoms with Gasteiger partial charge in [0.2, 0.25) is 0 Å². The fourth-order valence-corrected chi connectivity index (χ4v) is 6.08. The van der Waals surface area contributed by atoms with Gasteiger partial charge >= 0.3 is 17.9 Å². The van der Waals surface area contributed by atoms with Crippen LogP contribution in [-0.4, -0.2) is 75.1 Å². The first-order valence-electron chi connectivity index (χ1n) is 13.5. The minimum atomic E-state index is -2.74. The second-order valence-electron chi connectivity index (χ2n) is 10.4. The number of benzene rings is 2. The molecule has 4 rings (SSSR count). The van der Waals surface area contributed by atoms with Crippen LogP contribution in [0.2, 0.25) is 0 Å². The number of rotatable bonds is 11. The third-order valence-electron chi connectivity index (χ3n) is 7.73. The zero-order valence-corrected chi connectivity index (χ0v) is 22.4. The third kappa shape index (κ3) is 7.65. The second kappa shape index (κ2) is 13.7. The lowest BCUT2D eigenvalue weighted by atomic mass is 9.62. The maximum atomic E-state index is 10.3. The first kappa shape index (κ1) is 30.3. The smallest absolute Gasteiger partial charge is 0.336 e. The Balaban J connectivity index is 0.000000276. The number of carboxylic acid groups (broad SMARTS) is 3. The van der Waals surface area contributed by atoms with E-state index in [1.165, 1.54) is 30.4 Å². The van der Waals surface area contributed by atoms with Crippen molar-refractivity contribution in [2.24, 2.45) is 11.8 Å². The van der Waals surface area contributed by atoms with Gasteiger partial charge in [0.25, 0.3) is 0 Å². The molecule has 0 spiro atoms. The molecule has 9 nitrogen and oxygen atoms in total. The van der Waals surface area contributed by atoms with Crippen LogP contribution in [0.3, 0.4) is 0 Å². The Labute approximate surface area is 229 Å². The van der Waals surface area contributed by atoms with Crippen molar-refractivity contribution in [2.75, 3.05) is 26.2 Å². The van der Waals surface area contributed by atoms with Crippen molar-refractivity contribution in [1.82, 2.24) is 4.90 Å². The van der Waals surface area contributed by atoms with Crippen LogP contribution in [0.15, 0.2) is 60.7 Å². The summed E-state index contributed by atoms with van der Waals surface area (Å²) in [6, 6.07) is 21.9. The highest BCUT2D eigenvalue weighted by Gasteiger charge is 2.53. The molecular weight excluding hydrogens is 502 g/mol. The zero-order chi connectivity index (χ0) is 28.5. The molecule has 212 valence electrons. The predicted octanol–water partition coefficient (Wildman–Crippen LogP) is 3.64. The predicted molar refractivity (Wildman–Crippen MR) is 144 cm³/mol. The normalized spacial score (nSPS) is 22.8. The molecule has 0 aromatic heterocycles. The van der Waals surface area contributed by atoms with Crippen molar-refractivity contribution >= 4 is 17.9 Å². The SMILES string of the molecule is CCOC1(c2ccccc2)C2CCCC1CN(CCc1ccccc1)C2.O=C(O)CC(O)(CC(=O)O)C(=O)O. The monoisotopic (exact) mass is 541 g/mol. The van der Waals surface area contributed by atoms with Gasteiger partial charge in [-0.2, -0.15) is 0 Å². The zero-order valence-electron chi connectivity index (χ0n) is 22.4. The molecule has 2 fully saturated rings. The van der Waals surface area contributed by atoms with E-state index in [0.29, 0.717) is 11.8 Å². The van der Waals surface area contributed by atoms with Crippen molar-refractivity contribution in [3.05, 3.63) is 71.8 Å². The molecule has 9 heteroatoms. The van der Waals surface area contributed by atoms with Gasteiger partial charge < -0.3 is 30.1 Å². The first-order valence-corrected chi connectivity index (χ1v) is 13.5. The molecule has 1 heterocycles. The fraction of sp³-hybridized carbons (Fsp3) is 0.500. The lowest BCUT2D eigenvalue weighted by Gasteiger charge is -2.56. The Bertz CT molecular complexity index is 1060. The van der Waals surface area contributed by atoms with E-state index in [0.717, 1.165) is 32.7 Å². The molecule has 2 aromatic rings. The van der Waals surface area contributed by atoms with Gasteiger partial charge in [0.1, 0.15) is 5.60 Å². The van der Waals surface area contributed by atoms with Gasteiger partial charge in [0, 0.05) is 38.1 Å². The molecule has 1 aliphatic carbocycles. The van der Waals surface area contributed by atoms with E-state index in [4.69, 9.17) is 25.2 Å². The molecule has 2 aromatic carbocycles. The van der Waals surface area contributed by atoms with Gasteiger partial charge in [0.05, 0.1) is 12.8 Å². The van der Waals surface area contributed by atoms with Crippen LogP contribution >= 0.6 is 0 Å². The number of fused-ring (bicyclic) bond motifs is 2. The van der Waals surface area contributed by atoms with E-state index < -0.39 is 36.4 Å². The van der Waals surface area contributed by atoms with E-state index in [1.54, 1.807) is 0 Å². The molecule has 2 atom stereocenters. The quantitative estimate of drug-likeness (QED) is 0.335. The average Bonchev–Trinajstić information content (AvgIpc) is 2.88. The Morgan fingerprint density at radius 1 is 0.897 bits per heavy atom. The Hall–Kier alpha value is -3.27. The first-order chi connectivity index (χ1) is 18.6. The van der Waals surface area contributed by atoms with Crippen LogP contribution in [0.5, 0.6) is 0 Å². The number of aliphatic hydroxyl groups is 1. The molecule has 1 aliphatic heterocycles. The van der Waals surface area contributed by atoms with Gasteiger partial charge in [-0.3, -0.25) is 9.59 Å². The van der Waals surface area contributed by atoms with Crippen LogP contribution in [0.4, 0.5) is 0 Å². The summed E-state index contributed by atoms with van der Waals surface area (Å²) in [4.78, 5) is 33.2. The molecule has 2 bridgehead atoms. The van der Waals surface area contributed by atoms with E-state index in [2.05, 4.69) is 72.5 Å². The maximum Gasteiger partial charge on any atom is 0.336 e. The van der Waals surface area contributed by atoms with Gasteiger partial charge in [0.15, 0.2) is 5.60 Å². The number of aliphatic carboxylic acids is 3. The topological polar surface area (TPSA) is 145 Å². The summed E-state index contributed by atoms with van der Waals surface area (Å²) in [5.74, 6) is -3.81. The number of ether oxygens (including phenoxy) is 1. The van der Waals surface area contributed by atoms with Crippen molar-refractivity contribution in [1.29, 1.82) is 0 Å². The molecule has 1 saturated heterocycles. The van der Waals surface area contributed by atoms with Gasteiger partial charge in [-0.05, 0) is 37.3 Å². The van der Waals surface area contributed by atoms with Crippen LogP contribution < -0.4 is 0 Å². The highest BCUT2D eigenvalue weighted by Crippen LogP contribution is 2.51. The molecule has 4 N–H and O–H groups in total. The summed E-state index contributed by atoms with van der Waals surface area (Å²) < 4.78 is 6.61. The van der Waals surface area contributed by atoms with Crippen LogP contribution in [-0.2, 0) is 31.1 Å². The minimum Gasteiger partial charge on any atom is -0.481 e. The highest BCUT2D eigenvalue weighted by atomic mass is 16.5. The summed E-state index contributed by atoms with van der Waals surface area (Å²) in [5.41, 5.74) is 0.0384. The number of carboxylic acids is 3.